The fraction of sp³-hybridized carbons (Fsp3) is 0.333. The van der Waals surface area contributed by atoms with Crippen molar-refractivity contribution in [3.8, 4) is 5.75 Å². The van der Waals surface area contributed by atoms with Gasteiger partial charge < -0.3 is 4.74 Å². The molecule has 1 atom stereocenters. The second-order valence-electron chi connectivity index (χ2n) is 2.78. The number of hydrogen-bond donors (Lipinski definition) is 0. The Kier molecular flexibility index (Phi) is 3.26. The van der Waals surface area contributed by atoms with Gasteiger partial charge in [-0.2, -0.15) is 8.78 Å². The average molecular weight is 225 g/mol. The standard InChI is InChI=1S/C9H8ClF3O/c1-6-3-2-4-7(5-6)14-9(12,13)8(10)11/h2-5,8H,1H3/t8-/m0/s1. The molecule has 0 saturated heterocycles. The largest absolute Gasteiger partial charge is 0.444 e. The van der Waals surface area contributed by atoms with Crippen molar-refractivity contribution in [3.63, 3.8) is 0 Å². The SMILES string of the molecule is Cc1cccc(OC(F)(F)[C@H](F)Cl)c1. The molecular weight excluding hydrogens is 217 g/mol. The fourth-order valence-electron chi connectivity index (χ4n) is 0.881. The average Bonchev–Trinajstić information content (AvgIpc) is 2.02. The molecule has 5 heteroatoms. The zero-order chi connectivity index (χ0) is 10.8. The maximum Gasteiger partial charge on any atom is 0.444 e. The van der Waals surface area contributed by atoms with Crippen molar-refractivity contribution in [1.29, 1.82) is 0 Å². The van der Waals surface area contributed by atoms with Gasteiger partial charge in [0.25, 0.3) is 5.63 Å². The molecule has 0 spiro atoms. The lowest BCUT2D eigenvalue weighted by molar-refractivity contribution is -0.199. The van der Waals surface area contributed by atoms with E-state index in [1.807, 2.05) is 0 Å². The molecule has 78 valence electrons. The maximum absolute atomic E-state index is 12.6. The van der Waals surface area contributed by atoms with Crippen LogP contribution in [0.5, 0.6) is 5.75 Å². The number of hydrogen-bond acceptors (Lipinski definition) is 1. The molecule has 0 N–H and O–H groups in total. The third-order valence-corrected chi connectivity index (χ3v) is 1.75. The van der Waals surface area contributed by atoms with E-state index < -0.39 is 11.7 Å². The number of rotatable bonds is 3. The van der Waals surface area contributed by atoms with Crippen molar-refractivity contribution in [3.05, 3.63) is 29.8 Å². The lowest BCUT2D eigenvalue weighted by Gasteiger charge is -2.17. The summed E-state index contributed by atoms with van der Waals surface area (Å²) in [5.74, 6) is -0.113. The van der Waals surface area contributed by atoms with Crippen LogP contribution in [-0.4, -0.2) is 11.7 Å². The first-order valence-electron chi connectivity index (χ1n) is 3.83. The van der Waals surface area contributed by atoms with Gasteiger partial charge >= 0.3 is 6.11 Å². The van der Waals surface area contributed by atoms with Crippen molar-refractivity contribution < 1.29 is 17.9 Å². The van der Waals surface area contributed by atoms with Gasteiger partial charge in [0, 0.05) is 0 Å². The Hall–Kier alpha value is -0.900. The van der Waals surface area contributed by atoms with E-state index in [0.717, 1.165) is 5.56 Å². The Bertz CT molecular complexity index is 315. The van der Waals surface area contributed by atoms with Gasteiger partial charge in [-0.15, -0.1) is 0 Å². The smallest absolute Gasteiger partial charge is 0.429 e. The van der Waals surface area contributed by atoms with Crippen LogP contribution in [-0.2, 0) is 0 Å². The van der Waals surface area contributed by atoms with Crippen LogP contribution in [0.4, 0.5) is 13.2 Å². The molecule has 0 saturated carbocycles. The first-order chi connectivity index (χ1) is 6.42. The Labute approximate surface area is 84.4 Å². The Morgan fingerprint density at radius 1 is 1.43 bits per heavy atom. The van der Waals surface area contributed by atoms with E-state index in [2.05, 4.69) is 16.3 Å². The lowest BCUT2D eigenvalue weighted by atomic mass is 10.2. The van der Waals surface area contributed by atoms with Crippen molar-refractivity contribution in [2.24, 2.45) is 0 Å². The molecule has 0 amide bonds. The number of aryl methyl sites for hydroxylation is 1. The first kappa shape index (κ1) is 11.2. The molecule has 0 radical (unpaired) electrons. The van der Waals surface area contributed by atoms with E-state index in [9.17, 15) is 13.2 Å². The molecule has 1 rings (SSSR count). The zero-order valence-corrected chi connectivity index (χ0v) is 8.06. The van der Waals surface area contributed by atoms with Gasteiger partial charge in [-0.1, -0.05) is 23.7 Å². The molecule has 0 bridgehead atoms. The molecule has 0 unspecified atom stereocenters. The molecular formula is C9H8ClF3O. The summed E-state index contributed by atoms with van der Waals surface area (Å²) in [4.78, 5) is 0. The van der Waals surface area contributed by atoms with E-state index in [0.29, 0.717) is 0 Å². The minimum atomic E-state index is -4.00. The Morgan fingerprint density at radius 3 is 2.57 bits per heavy atom. The molecule has 1 nitrogen and oxygen atoms in total. The summed E-state index contributed by atoms with van der Waals surface area (Å²) >= 11 is 4.62. The van der Waals surface area contributed by atoms with Crippen LogP contribution in [0.3, 0.4) is 0 Å². The van der Waals surface area contributed by atoms with Crippen molar-refractivity contribution in [2.75, 3.05) is 0 Å². The second-order valence-corrected chi connectivity index (χ2v) is 3.16. The summed E-state index contributed by atoms with van der Waals surface area (Å²) in [7, 11) is 0. The van der Waals surface area contributed by atoms with Crippen LogP contribution < -0.4 is 4.74 Å². The molecule has 1 aromatic carbocycles. The number of alkyl halides is 4. The molecule has 0 aromatic heterocycles. The lowest BCUT2D eigenvalue weighted by Crippen LogP contribution is -2.32. The minimum absolute atomic E-state index is 0.113. The molecule has 1 aromatic rings. The second kappa shape index (κ2) is 4.09. The molecule has 0 aliphatic rings. The fourth-order valence-corrected chi connectivity index (χ4v) is 0.925. The summed E-state index contributed by atoms with van der Waals surface area (Å²) in [5.41, 5.74) is -2.12. The van der Waals surface area contributed by atoms with Gasteiger partial charge in [-0.3, -0.25) is 0 Å². The van der Waals surface area contributed by atoms with Gasteiger partial charge in [0.2, 0.25) is 0 Å². The molecule has 14 heavy (non-hydrogen) atoms. The minimum Gasteiger partial charge on any atom is -0.429 e. The number of halogens is 4. The van der Waals surface area contributed by atoms with Crippen LogP contribution in [0.1, 0.15) is 5.56 Å². The summed E-state index contributed by atoms with van der Waals surface area (Å²) in [6.07, 6.45) is -4.00. The zero-order valence-electron chi connectivity index (χ0n) is 7.31. The third-order valence-electron chi connectivity index (χ3n) is 1.50. The van der Waals surface area contributed by atoms with Crippen molar-refractivity contribution in [2.45, 2.75) is 18.7 Å². The summed E-state index contributed by atoms with van der Waals surface area (Å²) in [6, 6.07) is 5.91. The van der Waals surface area contributed by atoms with E-state index in [-0.39, 0.29) is 5.75 Å². The van der Waals surface area contributed by atoms with Gasteiger partial charge in [-0.05, 0) is 24.6 Å². The topological polar surface area (TPSA) is 9.23 Å². The first-order valence-corrected chi connectivity index (χ1v) is 4.27. The quantitative estimate of drug-likeness (QED) is 0.714. The van der Waals surface area contributed by atoms with Gasteiger partial charge in [0.1, 0.15) is 5.75 Å². The van der Waals surface area contributed by atoms with Crippen molar-refractivity contribution >= 4 is 11.6 Å². The highest BCUT2D eigenvalue weighted by atomic mass is 35.5. The highest BCUT2D eigenvalue weighted by Crippen LogP contribution is 2.28. The van der Waals surface area contributed by atoms with Crippen LogP contribution in [0.25, 0.3) is 0 Å². The number of benzene rings is 1. The van der Waals surface area contributed by atoms with Crippen molar-refractivity contribution in [1.82, 2.24) is 0 Å². The van der Waals surface area contributed by atoms with Gasteiger partial charge in [-0.25, -0.2) is 4.39 Å². The monoisotopic (exact) mass is 224 g/mol. The number of ether oxygens (including phenoxy) is 1. The predicted molar refractivity (Wildman–Crippen MR) is 47.5 cm³/mol. The van der Waals surface area contributed by atoms with Crippen LogP contribution in [0.2, 0.25) is 0 Å². The van der Waals surface area contributed by atoms with Gasteiger partial charge in [0.15, 0.2) is 0 Å². The van der Waals surface area contributed by atoms with Gasteiger partial charge in [0.05, 0.1) is 0 Å². The normalized spacial score (nSPS) is 13.8. The van der Waals surface area contributed by atoms with E-state index in [1.54, 1.807) is 13.0 Å². The highest BCUT2D eigenvalue weighted by Gasteiger charge is 2.42. The van der Waals surface area contributed by atoms with Crippen LogP contribution >= 0.6 is 11.6 Å². The summed E-state index contributed by atoms with van der Waals surface area (Å²) in [6.45, 7) is 1.71. The van der Waals surface area contributed by atoms with E-state index in [4.69, 9.17) is 0 Å². The summed E-state index contributed by atoms with van der Waals surface area (Å²) in [5, 5.41) is 0. The Morgan fingerprint density at radius 2 is 2.07 bits per heavy atom. The molecule has 0 aliphatic heterocycles. The van der Waals surface area contributed by atoms with Crippen LogP contribution in [0, 0.1) is 6.92 Å². The van der Waals surface area contributed by atoms with Crippen LogP contribution in [0.15, 0.2) is 24.3 Å². The van der Waals surface area contributed by atoms with E-state index >= 15 is 0 Å². The maximum atomic E-state index is 12.6. The predicted octanol–water partition coefficient (Wildman–Crippen LogP) is 3.50. The molecule has 0 fully saturated rings. The van der Waals surface area contributed by atoms with E-state index in [1.165, 1.54) is 18.2 Å². The molecule has 0 aliphatic carbocycles. The third kappa shape index (κ3) is 2.80. The Balaban J connectivity index is 2.78. The summed E-state index contributed by atoms with van der Waals surface area (Å²) < 4.78 is 41.5. The molecule has 0 heterocycles. The highest BCUT2D eigenvalue weighted by molar-refractivity contribution is 6.20.